The summed E-state index contributed by atoms with van der Waals surface area (Å²) in [5, 5.41) is 11.0. The lowest BCUT2D eigenvalue weighted by Gasteiger charge is -2.28. The van der Waals surface area contributed by atoms with Crippen LogP contribution in [0.1, 0.15) is 5.56 Å². The highest BCUT2D eigenvalue weighted by Gasteiger charge is 2.30. The molecule has 0 spiro atoms. The minimum Gasteiger partial charge on any atom is -0.506 e. The lowest BCUT2D eigenvalue weighted by atomic mass is 10.2. The highest BCUT2D eigenvalue weighted by molar-refractivity contribution is 14.1. The first kappa shape index (κ1) is 21.9. The quantitative estimate of drug-likeness (QED) is 0.388. The topological polar surface area (TPSA) is 65.4 Å². The van der Waals surface area contributed by atoms with Crippen molar-refractivity contribution in [1.82, 2.24) is 4.90 Å². The van der Waals surface area contributed by atoms with Gasteiger partial charge in [0.15, 0.2) is 5.17 Å². The molecule has 156 valence electrons. The number of amides is 1. The molecule has 2 aliphatic rings. The molecule has 0 unspecified atom stereocenters. The van der Waals surface area contributed by atoms with Gasteiger partial charge in [-0.05, 0) is 99.4 Å². The number of carbonyl (C=O) groups is 1. The van der Waals surface area contributed by atoms with Crippen molar-refractivity contribution in [1.29, 1.82) is 0 Å². The van der Waals surface area contributed by atoms with Crippen molar-refractivity contribution in [2.45, 2.75) is 0 Å². The Labute approximate surface area is 206 Å². The smallest absolute Gasteiger partial charge is 0.266 e. The van der Waals surface area contributed by atoms with Crippen molar-refractivity contribution in [2.24, 2.45) is 4.99 Å². The van der Waals surface area contributed by atoms with Crippen molar-refractivity contribution in [2.75, 3.05) is 38.3 Å². The second-order valence-corrected chi connectivity index (χ2v) is 10.2. The SMILES string of the molecule is CN1C(=O)/C(=C/c2cc(I)cc(I)c2O)SC1=Nc1ccc(N2CCOCC2)cc1. The van der Waals surface area contributed by atoms with Gasteiger partial charge in [-0.3, -0.25) is 9.69 Å². The number of thioether (sulfide) groups is 1. The lowest BCUT2D eigenvalue weighted by Crippen LogP contribution is -2.36. The molecular weight excluding hydrogens is 628 g/mol. The number of morpholine rings is 1. The molecule has 2 heterocycles. The van der Waals surface area contributed by atoms with Crippen LogP contribution in [0.2, 0.25) is 0 Å². The normalized spacial score (nSPS) is 19.9. The molecule has 30 heavy (non-hydrogen) atoms. The van der Waals surface area contributed by atoms with Crippen LogP contribution in [-0.4, -0.2) is 54.4 Å². The van der Waals surface area contributed by atoms with Crippen molar-refractivity contribution in [3.8, 4) is 5.75 Å². The number of phenolic OH excluding ortho intramolecular Hbond substituents is 1. The van der Waals surface area contributed by atoms with Crippen LogP contribution >= 0.6 is 56.9 Å². The van der Waals surface area contributed by atoms with Crippen molar-refractivity contribution < 1.29 is 14.6 Å². The molecule has 0 atom stereocenters. The van der Waals surface area contributed by atoms with E-state index in [1.807, 2.05) is 24.3 Å². The van der Waals surface area contributed by atoms with Crippen molar-refractivity contribution in [3.63, 3.8) is 0 Å². The number of carbonyl (C=O) groups excluding carboxylic acids is 1. The number of likely N-dealkylation sites (N-methyl/N-ethyl adjacent to an activating group) is 1. The summed E-state index contributed by atoms with van der Waals surface area (Å²) in [6, 6.07) is 11.8. The van der Waals surface area contributed by atoms with Gasteiger partial charge in [-0.2, -0.15) is 0 Å². The zero-order valence-electron chi connectivity index (χ0n) is 16.1. The third kappa shape index (κ3) is 4.78. The van der Waals surface area contributed by atoms with Gasteiger partial charge in [0.25, 0.3) is 5.91 Å². The first-order valence-electron chi connectivity index (χ1n) is 9.29. The van der Waals surface area contributed by atoms with Crippen LogP contribution in [0.15, 0.2) is 46.3 Å². The van der Waals surface area contributed by atoms with Crippen LogP contribution in [0.4, 0.5) is 11.4 Å². The summed E-state index contributed by atoms with van der Waals surface area (Å²) in [5.41, 5.74) is 2.57. The van der Waals surface area contributed by atoms with Gasteiger partial charge in [0.1, 0.15) is 5.75 Å². The van der Waals surface area contributed by atoms with Gasteiger partial charge in [0.05, 0.1) is 27.4 Å². The summed E-state index contributed by atoms with van der Waals surface area (Å²) in [5.74, 6) is 0.0561. The van der Waals surface area contributed by atoms with E-state index in [0.717, 1.165) is 44.8 Å². The monoisotopic (exact) mass is 647 g/mol. The summed E-state index contributed by atoms with van der Waals surface area (Å²) in [6.07, 6.45) is 1.73. The Hall–Kier alpha value is -1.31. The molecule has 0 aliphatic carbocycles. The molecule has 0 bridgehead atoms. The van der Waals surface area contributed by atoms with E-state index in [2.05, 4.69) is 67.2 Å². The number of phenols is 1. The molecule has 0 saturated carbocycles. The van der Waals surface area contributed by atoms with Gasteiger partial charge < -0.3 is 14.7 Å². The van der Waals surface area contributed by atoms with Crippen molar-refractivity contribution >= 4 is 85.5 Å². The van der Waals surface area contributed by atoms with Crippen LogP contribution in [0.5, 0.6) is 5.75 Å². The Morgan fingerprint density at radius 3 is 2.57 bits per heavy atom. The summed E-state index contributed by atoms with van der Waals surface area (Å²) >= 11 is 5.60. The number of aliphatic imine (C=N–C) groups is 1. The minimum atomic E-state index is -0.128. The molecule has 0 aromatic heterocycles. The van der Waals surface area contributed by atoms with Gasteiger partial charge in [0, 0.05) is 35.0 Å². The Bertz CT molecular complexity index is 1030. The molecule has 4 rings (SSSR count). The molecule has 2 aromatic carbocycles. The maximum absolute atomic E-state index is 12.7. The van der Waals surface area contributed by atoms with Gasteiger partial charge >= 0.3 is 0 Å². The first-order chi connectivity index (χ1) is 14.4. The second-order valence-electron chi connectivity index (χ2n) is 6.81. The summed E-state index contributed by atoms with van der Waals surface area (Å²) < 4.78 is 7.16. The first-order valence-corrected chi connectivity index (χ1v) is 12.3. The van der Waals surface area contributed by atoms with E-state index >= 15 is 0 Å². The molecule has 1 N–H and O–H groups in total. The minimum absolute atomic E-state index is 0.128. The number of hydrogen-bond acceptors (Lipinski definition) is 6. The van der Waals surface area contributed by atoms with Gasteiger partial charge in [-0.15, -0.1) is 0 Å². The number of ether oxygens (including phenoxy) is 1. The Kier molecular flexibility index (Phi) is 6.90. The molecule has 9 heteroatoms. The Morgan fingerprint density at radius 1 is 1.17 bits per heavy atom. The van der Waals surface area contributed by atoms with Crippen LogP contribution < -0.4 is 4.90 Å². The number of halogens is 2. The van der Waals surface area contributed by atoms with Crippen LogP contribution in [0, 0.1) is 7.14 Å². The molecule has 6 nitrogen and oxygen atoms in total. The van der Waals surface area contributed by atoms with Crippen LogP contribution in [0.3, 0.4) is 0 Å². The number of anilines is 1. The van der Waals surface area contributed by atoms with E-state index in [1.54, 1.807) is 18.0 Å². The number of aromatic hydroxyl groups is 1. The van der Waals surface area contributed by atoms with E-state index in [0.29, 0.717) is 15.6 Å². The molecule has 2 fully saturated rings. The number of amidine groups is 1. The Balaban J connectivity index is 1.56. The number of benzene rings is 2. The predicted octanol–water partition coefficient (Wildman–Crippen LogP) is 4.67. The summed E-state index contributed by atoms with van der Waals surface area (Å²) in [4.78, 5) is 21.7. The van der Waals surface area contributed by atoms with E-state index in [9.17, 15) is 9.90 Å². The molecule has 1 amide bonds. The third-order valence-corrected chi connectivity index (χ3v) is 7.30. The molecular formula is C21H19I2N3O3S. The highest BCUT2D eigenvalue weighted by Crippen LogP contribution is 2.36. The number of rotatable bonds is 3. The standard InChI is InChI=1S/C21H19I2N3O3S/c1-25-20(28)18(11-13-10-14(22)12-17(23)19(13)27)30-21(25)24-15-2-4-16(5-3-15)26-6-8-29-9-7-26/h2-5,10-12,27H,6-9H2,1H3/b18-11-,24-21?. The van der Waals surface area contributed by atoms with E-state index < -0.39 is 0 Å². The summed E-state index contributed by atoms with van der Waals surface area (Å²) in [6.45, 7) is 3.27. The number of hydrogen-bond donors (Lipinski definition) is 1. The lowest BCUT2D eigenvalue weighted by molar-refractivity contribution is -0.121. The van der Waals surface area contributed by atoms with Gasteiger partial charge in [-0.25, -0.2) is 4.99 Å². The van der Waals surface area contributed by atoms with E-state index in [4.69, 9.17) is 4.74 Å². The zero-order valence-corrected chi connectivity index (χ0v) is 21.3. The average molecular weight is 647 g/mol. The van der Waals surface area contributed by atoms with Crippen molar-refractivity contribution in [3.05, 3.63) is 54.0 Å². The number of nitrogens with zero attached hydrogens (tertiary/aromatic N) is 3. The van der Waals surface area contributed by atoms with Gasteiger partial charge in [-0.1, -0.05) is 0 Å². The van der Waals surface area contributed by atoms with E-state index in [-0.39, 0.29) is 11.7 Å². The largest absolute Gasteiger partial charge is 0.506 e. The third-order valence-electron chi connectivity index (χ3n) is 4.80. The average Bonchev–Trinajstić information content (AvgIpc) is 3.00. The maximum Gasteiger partial charge on any atom is 0.266 e. The Morgan fingerprint density at radius 2 is 1.87 bits per heavy atom. The fraction of sp³-hybridized carbons (Fsp3) is 0.238. The molecule has 0 radical (unpaired) electrons. The fourth-order valence-corrected chi connectivity index (χ4v) is 6.03. The predicted molar refractivity (Wildman–Crippen MR) is 138 cm³/mol. The van der Waals surface area contributed by atoms with Gasteiger partial charge in [0.2, 0.25) is 0 Å². The molecule has 2 aromatic rings. The fourth-order valence-electron chi connectivity index (χ4n) is 3.16. The van der Waals surface area contributed by atoms with E-state index in [1.165, 1.54) is 11.8 Å². The molecule has 2 saturated heterocycles. The van der Waals surface area contributed by atoms with Crippen LogP contribution in [-0.2, 0) is 9.53 Å². The molecule has 2 aliphatic heterocycles. The summed E-state index contributed by atoms with van der Waals surface area (Å²) in [7, 11) is 1.72. The maximum atomic E-state index is 12.7. The van der Waals surface area contributed by atoms with Crippen LogP contribution in [0.25, 0.3) is 6.08 Å². The highest BCUT2D eigenvalue weighted by atomic mass is 127. The zero-order chi connectivity index (χ0) is 21.3. The second kappa shape index (κ2) is 9.45.